The molecule has 1 heteroatoms. The van der Waals surface area contributed by atoms with Crippen molar-refractivity contribution in [3.63, 3.8) is 0 Å². The van der Waals surface area contributed by atoms with Gasteiger partial charge in [-0.3, -0.25) is 0 Å². The second kappa shape index (κ2) is 5.95. The zero-order chi connectivity index (χ0) is 10.5. The Labute approximate surface area is 98.1 Å². The maximum atomic E-state index is 2.43. The summed E-state index contributed by atoms with van der Waals surface area (Å²) in [5, 5.41) is 0. The molecule has 13 heavy (non-hydrogen) atoms. The van der Waals surface area contributed by atoms with Crippen molar-refractivity contribution in [1.29, 1.82) is 0 Å². The van der Waals surface area contributed by atoms with Gasteiger partial charge in [0.2, 0.25) is 0 Å². The van der Waals surface area contributed by atoms with Crippen LogP contribution in [0.4, 0.5) is 0 Å². The second-order valence-corrected chi connectivity index (χ2v) is 9.16. The Morgan fingerprint density at radius 2 is 1.77 bits per heavy atom. The fourth-order valence-electron chi connectivity index (χ4n) is 1.28. The van der Waals surface area contributed by atoms with Crippen molar-refractivity contribution in [2.45, 2.75) is 50.6 Å². The van der Waals surface area contributed by atoms with Gasteiger partial charge in [0.1, 0.15) is 0 Å². The van der Waals surface area contributed by atoms with Gasteiger partial charge >= 0.3 is 98.3 Å². The van der Waals surface area contributed by atoms with Gasteiger partial charge in [-0.2, -0.15) is 0 Å². The molecule has 0 aliphatic heterocycles. The molecule has 0 aromatic rings. The van der Waals surface area contributed by atoms with Crippen molar-refractivity contribution in [1.82, 2.24) is 0 Å². The van der Waals surface area contributed by atoms with Gasteiger partial charge in [-0.15, -0.1) is 0 Å². The minimum absolute atomic E-state index is 0.467. The van der Waals surface area contributed by atoms with Crippen LogP contribution in [0.15, 0.2) is 23.3 Å². The summed E-state index contributed by atoms with van der Waals surface area (Å²) < 4.78 is 0.467. The Kier molecular flexibility index (Phi) is 6.11. The standard InChI is InChI=1S/C12H21.Hf/c1-10(2)7-6-8-12(5)9-11(3)4;/h7,9H,6,8H2,1-5H3;/b12-9+;. The maximum absolute atomic E-state index is 2.43. The second-order valence-electron chi connectivity index (χ2n) is 4.53. The molecule has 0 heterocycles. The average Bonchev–Trinajstić information content (AvgIpc) is 1.81. The van der Waals surface area contributed by atoms with E-state index in [1.165, 1.54) is 48.4 Å². The SMILES string of the molecule is CC(C)=CCC/C(C)=C/[C](C)(C)[Hf]. The van der Waals surface area contributed by atoms with Crippen LogP contribution in [0.25, 0.3) is 0 Å². The van der Waals surface area contributed by atoms with Crippen LogP contribution < -0.4 is 0 Å². The fourth-order valence-corrected chi connectivity index (χ4v) is 2.16. The third kappa shape index (κ3) is 10.3. The van der Waals surface area contributed by atoms with Crippen molar-refractivity contribution < 1.29 is 24.4 Å². The Morgan fingerprint density at radius 3 is 2.15 bits per heavy atom. The molecular weight excluding hydrogens is 323 g/mol. The average molecular weight is 344 g/mol. The number of hydrogen-bond acceptors (Lipinski definition) is 0. The van der Waals surface area contributed by atoms with E-state index in [1.54, 1.807) is 0 Å². The van der Waals surface area contributed by atoms with Gasteiger partial charge in [-0.1, -0.05) is 0 Å². The van der Waals surface area contributed by atoms with E-state index < -0.39 is 0 Å². The molecule has 0 rings (SSSR count). The molecule has 0 fully saturated rings. The van der Waals surface area contributed by atoms with E-state index >= 15 is 0 Å². The number of allylic oxidation sites excluding steroid dienone is 4. The molecule has 0 aliphatic rings. The molecule has 0 saturated carbocycles. The molecule has 0 atom stereocenters. The first-order valence-electron chi connectivity index (χ1n) is 4.88. The monoisotopic (exact) mass is 345 g/mol. The summed E-state index contributed by atoms with van der Waals surface area (Å²) in [5.41, 5.74) is 2.97. The molecule has 0 bridgehead atoms. The van der Waals surface area contributed by atoms with E-state index in [9.17, 15) is 0 Å². The van der Waals surface area contributed by atoms with E-state index in [1.807, 2.05) is 0 Å². The topological polar surface area (TPSA) is 0 Å². The Balaban J connectivity index is 3.95. The van der Waals surface area contributed by atoms with Crippen molar-refractivity contribution in [3.05, 3.63) is 23.3 Å². The van der Waals surface area contributed by atoms with Gasteiger partial charge in [0.05, 0.1) is 0 Å². The van der Waals surface area contributed by atoms with Crippen LogP contribution in [0.2, 0.25) is 3.17 Å². The summed E-state index contributed by atoms with van der Waals surface area (Å²) in [5.74, 6) is 0. The van der Waals surface area contributed by atoms with Gasteiger partial charge in [0, 0.05) is 0 Å². The van der Waals surface area contributed by atoms with Crippen LogP contribution in [0.1, 0.15) is 47.5 Å². The third-order valence-electron chi connectivity index (χ3n) is 1.70. The molecule has 0 saturated heterocycles. The molecule has 0 spiro atoms. The van der Waals surface area contributed by atoms with Crippen molar-refractivity contribution in [2.24, 2.45) is 0 Å². The van der Waals surface area contributed by atoms with Crippen LogP contribution in [0.5, 0.6) is 0 Å². The van der Waals surface area contributed by atoms with Gasteiger partial charge in [-0.25, -0.2) is 0 Å². The van der Waals surface area contributed by atoms with E-state index in [0.717, 1.165) is 0 Å². The summed E-state index contributed by atoms with van der Waals surface area (Å²) in [7, 11) is 0. The molecule has 0 N–H and O–H groups in total. The molecule has 0 aromatic carbocycles. The first-order valence-corrected chi connectivity index (χ1v) is 6.67. The van der Waals surface area contributed by atoms with Gasteiger partial charge in [-0.05, 0) is 0 Å². The first-order chi connectivity index (χ1) is 5.81. The Morgan fingerprint density at radius 1 is 1.23 bits per heavy atom. The molecule has 0 unspecified atom stereocenters. The fraction of sp³-hybridized carbons (Fsp3) is 0.667. The molecule has 0 amide bonds. The zero-order valence-electron chi connectivity index (χ0n) is 9.57. The van der Waals surface area contributed by atoms with Gasteiger partial charge in [0.15, 0.2) is 0 Å². The number of hydrogen-bond donors (Lipinski definition) is 0. The molecule has 0 aliphatic carbocycles. The summed E-state index contributed by atoms with van der Waals surface area (Å²) in [4.78, 5) is 0. The van der Waals surface area contributed by atoms with E-state index in [2.05, 4.69) is 46.8 Å². The summed E-state index contributed by atoms with van der Waals surface area (Å²) in [6.07, 6.45) is 7.16. The van der Waals surface area contributed by atoms with Crippen LogP contribution >= 0.6 is 0 Å². The van der Waals surface area contributed by atoms with Crippen molar-refractivity contribution >= 4 is 0 Å². The van der Waals surface area contributed by atoms with E-state index in [0.29, 0.717) is 3.17 Å². The minimum atomic E-state index is 0.467. The third-order valence-corrected chi connectivity index (χ3v) is 2.22. The van der Waals surface area contributed by atoms with Crippen molar-refractivity contribution in [2.75, 3.05) is 0 Å². The van der Waals surface area contributed by atoms with Crippen molar-refractivity contribution in [3.8, 4) is 0 Å². The molecular formula is C12H21Hf. The quantitative estimate of drug-likeness (QED) is 0.523. The normalized spacial score (nSPS) is 12.8. The predicted molar refractivity (Wildman–Crippen MR) is 56.5 cm³/mol. The summed E-state index contributed by atoms with van der Waals surface area (Å²) in [6.45, 7) is 11.2. The van der Waals surface area contributed by atoms with Crippen LogP contribution in [0.3, 0.4) is 0 Å². The van der Waals surface area contributed by atoms with E-state index in [-0.39, 0.29) is 0 Å². The zero-order valence-corrected chi connectivity index (χ0v) is 13.2. The van der Waals surface area contributed by atoms with Crippen LogP contribution in [-0.4, -0.2) is 0 Å². The first kappa shape index (κ1) is 13.4. The molecule has 0 radical (unpaired) electrons. The number of rotatable bonds is 4. The van der Waals surface area contributed by atoms with Gasteiger partial charge in [0.25, 0.3) is 0 Å². The molecule has 0 aromatic heterocycles. The predicted octanol–water partition coefficient (Wildman–Crippen LogP) is 4.42. The molecule has 73 valence electrons. The summed E-state index contributed by atoms with van der Waals surface area (Å²) >= 11 is 1.24. The Bertz CT molecular complexity index is 200. The van der Waals surface area contributed by atoms with E-state index in [4.69, 9.17) is 0 Å². The molecule has 0 nitrogen and oxygen atoms in total. The van der Waals surface area contributed by atoms with Gasteiger partial charge < -0.3 is 0 Å². The summed E-state index contributed by atoms with van der Waals surface area (Å²) in [6, 6.07) is 0. The van der Waals surface area contributed by atoms with Crippen LogP contribution in [-0.2, 0) is 24.4 Å². The Hall–Kier alpha value is 0.350. The van der Waals surface area contributed by atoms with Crippen LogP contribution in [0, 0.1) is 0 Å².